The van der Waals surface area contributed by atoms with Crippen LogP contribution in [0.15, 0.2) is 36.4 Å². The number of amides is 1. The molecule has 1 unspecified atom stereocenters. The van der Waals surface area contributed by atoms with E-state index in [1.54, 1.807) is 25.3 Å². The lowest BCUT2D eigenvalue weighted by atomic mass is 10.1. The first-order valence-corrected chi connectivity index (χ1v) is 8.20. The Bertz CT molecular complexity index is 731. The van der Waals surface area contributed by atoms with Crippen molar-refractivity contribution in [3.63, 3.8) is 0 Å². The molecule has 2 aromatic rings. The molecule has 1 atom stereocenters. The second kappa shape index (κ2) is 8.06. The lowest BCUT2D eigenvalue weighted by Gasteiger charge is -2.19. The van der Waals surface area contributed by atoms with Gasteiger partial charge in [0.05, 0.1) is 12.1 Å². The third-order valence-electron chi connectivity index (χ3n) is 3.70. The molecule has 0 aliphatic carbocycles. The number of hydrogen-bond donors (Lipinski definition) is 1. The van der Waals surface area contributed by atoms with Gasteiger partial charge in [0.2, 0.25) is 0 Å². The minimum atomic E-state index is -0.577. The van der Waals surface area contributed by atoms with Gasteiger partial charge in [-0.25, -0.2) is 0 Å². The van der Waals surface area contributed by atoms with Crippen LogP contribution in [0.4, 0.5) is 5.69 Å². The van der Waals surface area contributed by atoms with Crippen LogP contribution in [-0.2, 0) is 4.79 Å². The molecule has 0 aliphatic heterocycles. The van der Waals surface area contributed by atoms with Crippen LogP contribution >= 0.6 is 11.6 Å². The average Bonchev–Trinajstić information content (AvgIpc) is 2.55. The third kappa shape index (κ3) is 4.42. The highest BCUT2D eigenvalue weighted by Crippen LogP contribution is 2.27. The summed E-state index contributed by atoms with van der Waals surface area (Å²) in [6.07, 6.45) is -0.0188. The molecule has 0 fully saturated rings. The van der Waals surface area contributed by atoms with Crippen LogP contribution in [0.25, 0.3) is 0 Å². The maximum Gasteiger partial charge on any atom is 0.265 e. The van der Waals surface area contributed by atoms with E-state index >= 15 is 0 Å². The second-order valence-electron chi connectivity index (χ2n) is 5.62. The minimum absolute atomic E-state index is 0.209. The van der Waals surface area contributed by atoms with Crippen LogP contribution in [0.1, 0.15) is 24.5 Å². The van der Waals surface area contributed by atoms with Crippen molar-refractivity contribution in [2.24, 2.45) is 0 Å². The Morgan fingerprint density at radius 1 is 1.17 bits per heavy atom. The zero-order chi connectivity index (χ0) is 17.7. The van der Waals surface area contributed by atoms with E-state index in [1.807, 2.05) is 39.0 Å². The fourth-order valence-corrected chi connectivity index (χ4v) is 2.53. The Morgan fingerprint density at radius 3 is 2.54 bits per heavy atom. The number of halogens is 1. The Morgan fingerprint density at radius 2 is 1.92 bits per heavy atom. The summed E-state index contributed by atoms with van der Waals surface area (Å²) < 4.78 is 11.0. The molecule has 4 nitrogen and oxygen atoms in total. The zero-order valence-corrected chi connectivity index (χ0v) is 15.1. The van der Waals surface area contributed by atoms with Gasteiger partial charge in [0.15, 0.2) is 6.10 Å². The second-order valence-corrected chi connectivity index (χ2v) is 6.03. The van der Waals surface area contributed by atoms with Crippen LogP contribution in [0.3, 0.4) is 0 Å². The van der Waals surface area contributed by atoms with Crippen molar-refractivity contribution in [2.45, 2.75) is 33.3 Å². The van der Waals surface area contributed by atoms with E-state index < -0.39 is 6.10 Å². The summed E-state index contributed by atoms with van der Waals surface area (Å²) in [4.78, 5) is 12.5. The molecule has 2 aromatic carbocycles. The van der Waals surface area contributed by atoms with E-state index in [0.717, 1.165) is 16.9 Å². The van der Waals surface area contributed by atoms with Gasteiger partial charge in [-0.3, -0.25) is 4.79 Å². The van der Waals surface area contributed by atoms with E-state index in [4.69, 9.17) is 21.1 Å². The van der Waals surface area contributed by atoms with Gasteiger partial charge in [0, 0.05) is 5.69 Å². The number of ether oxygens (including phenoxy) is 2. The predicted octanol–water partition coefficient (Wildman–Crippen LogP) is 4.76. The van der Waals surface area contributed by atoms with E-state index in [9.17, 15) is 4.79 Å². The summed E-state index contributed by atoms with van der Waals surface area (Å²) in [6.45, 7) is 5.87. The van der Waals surface area contributed by atoms with Gasteiger partial charge in [-0.15, -0.1) is 0 Å². The van der Waals surface area contributed by atoms with Crippen LogP contribution in [-0.4, -0.2) is 19.1 Å². The number of anilines is 1. The first-order chi connectivity index (χ1) is 11.4. The van der Waals surface area contributed by atoms with Gasteiger partial charge >= 0.3 is 0 Å². The largest absolute Gasteiger partial charge is 0.495 e. The number of aryl methyl sites for hydroxylation is 2. The van der Waals surface area contributed by atoms with Gasteiger partial charge in [0.25, 0.3) is 5.91 Å². The van der Waals surface area contributed by atoms with Crippen molar-refractivity contribution < 1.29 is 14.3 Å². The topological polar surface area (TPSA) is 47.6 Å². The van der Waals surface area contributed by atoms with Gasteiger partial charge in [0.1, 0.15) is 11.5 Å². The SMILES string of the molecule is CCC(Oc1cc(C)ccc1C)C(=O)Nc1ccc(OC)c(Cl)c1. The number of rotatable bonds is 6. The van der Waals surface area contributed by atoms with Crippen molar-refractivity contribution in [1.82, 2.24) is 0 Å². The van der Waals surface area contributed by atoms with Crippen molar-refractivity contribution >= 4 is 23.2 Å². The quantitative estimate of drug-likeness (QED) is 0.819. The molecule has 0 aromatic heterocycles. The molecule has 0 aliphatic rings. The van der Waals surface area contributed by atoms with Crippen molar-refractivity contribution in [3.05, 3.63) is 52.5 Å². The molecule has 0 radical (unpaired) electrons. The summed E-state index contributed by atoms with van der Waals surface area (Å²) in [5.41, 5.74) is 2.70. The lowest BCUT2D eigenvalue weighted by molar-refractivity contribution is -0.122. The molecule has 0 saturated carbocycles. The number of benzene rings is 2. The molecule has 2 rings (SSSR count). The number of carbonyl (C=O) groups excluding carboxylic acids is 1. The molecule has 0 saturated heterocycles. The van der Waals surface area contributed by atoms with Crippen molar-refractivity contribution in [3.8, 4) is 11.5 Å². The number of methoxy groups -OCH3 is 1. The van der Waals surface area contributed by atoms with Crippen LogP contribution in [0.5, 0.6) is 11.5 Å². The summed E-state index contributed by atoms with van der Waals surface area (Å²) in [5.74, 6) is 1.08. The van der Waals surface area contributed by atoms with E-state index in [2.05, 4.69) is 5.32 Å². The summed E-state index contributed by atoms with van der Waals surface area (Å²) in [6, 6.07) is 11.1. The number of carbonyl (C=O) groups is 1. The van der Waals surface area contributed by atoms with Crippen LogP contribution < -0.4 is 14.8 Å². The molecule has 0 spiro atoms. The standard InChI is InChI=1S/C19H22ClNO3/c1-5-16(24-18-10-12(2)6-7-13(18)3)19(22)21-14-8-9-17(23-4)15(20)11-14/h6-11,16H,5H2,1-4H3,(H,21,22). The van der Waals surface area contributed by atoms with Gasteiger partial charge in [-0.05, 0) is 55.7 Å². The molecule has 5 heteroatoms. The Kier molecular flexibility index (Phi) is 6.10. The predicted molar refractivity (Wildman–Crippen MR) is 97.3 cm³/mol. The van der Waals surface area contributed by atoms with Crippen molar-refractivity contribution in [1.29, 1.82) is 0 Å². The molecular weight excluding hydrogens is 326 g/mol. The highest BCUT2D eigenvalue weighted by Gasteiger charge is 2.20. The molecule has 1 amide bonds. The van der Waals surface area contributed by atoms with Crippen molar-refractivity contribution in [2.75, 3.05) is 12.4 Å². The smallest absolute Gasteiger partial charge is 0.265 e. The Hall–Kier alpha value is -2.20. The molecule has 0 heterocycles. The molecule has 24 heavy (non-hydrogen) atoms. The first-order valence-electron chi connectivity index (χ1n) is 7.83. The third-order valence-corrected chi connectivity index (χ3v) is 3.99. The normalized spacial score (nSPS) is 11.7. The Balaban J connectivity index is 2.11. The lowest BCUT2D eigenvalue weighted by Crippen LogP contribution is -2.32. The molecular formula is C19H22ClNO3. The van der Waals surface area contributed by atoms with E-state index in [1.165, 1.54) is 0 Å². The van der Waals surface area contributed by atoms with Crippen LogP contribution in [0, 0.1) is 13.8 Å². The van der Waals surface area contributed by atoms with Gasteiger partial charge < -0.3 is 14.8 Å². The van der Waals surface area contributed by atoms with Gasteiger partial charge in [-0.1, -0.05) is 30.7 Å². The van der Waals surface area contributed by atoms with Crippen LogP contribution in [0.2, 0.25) is 5.02 Å². The summed E-state index contributed by atoms with van der Waals surface area (Å²) >= 11 is 6.09. The Labute approximate surface area is 147 Å². The highest BCUT2D eigenvalue weighted by molar-refractivity contribution is 6.32. The monoisotopic (exact) mass is 347 g/mol. The minimum Gasteiger partial charge on any atom is -0.495 e. The maximum absolute atomic E-state index is 12.5. The van der Waals surface area contributed by atoms with Gasteiger partial charge in [-0.2, -0.15) is 0 Å². The fourth-order valence-electron chi connectivity index (χ4n) is 2.28. The number of nitrogens with one attached hydrogen (secondary N) is 1. The number of hydrogen-bond acceptors (Lipinski definition) is 3. The fraction of sp³-hybridized carbons (Fsp3) is 0.316. The highest BCUT2D eigenvalue weighted by atomic mass is 35.5. The average molecular weight is 348 g/mol. The molecule has 0 bridgehead atoms. The summed E-state index contributed by atoms with van der Waals surface area (Å²) in [7, 11) is 1.55. The van der Waals surface area contributed by atoms with E-state index in [-0.39, 0.29) is 5.91 Å². The molecule has 1 N–H and O–H groups in total. The zero-order valence-electron chi connectivity index (χ0n) is 14.4. The molecule has 128 valence electrons. The maximum atomic E-state index is 12.5. The summed E-state index contributed by atoms with van der Waals surface area (Å²) in [5, 5.41) is 3.28. The van der Waals surface area contributed by atoms with E-state index in [0.29, 0.717) is 22.9 Å². The first kappa shape index (κ1) is 18.1.